The number of piperazine rings is 1. The van der Waals surface area contributed by atoms with Crippen LogP contribution in [0.3, 0.4) is 0 Å². The van der Waals surface area contributed by atoms with Gasteiger partial charge in [0.2, 0.25) is 0 Å². The van der Waals surface area contributed by atoms with E-state index in [2.05, 4.69) is 4.90 Å². The van der Waals surface area contributed by atoms with E-state index in [1.54, 1.807) is 23.3 Å². The van der Waals surface area contributed by atoms with Gasteiger partial charge in [-0.05, 0) is 55.5 Å². The highest BCUT2D eigenvalue weighted by atomic mass is 32.1. The summed E-state index contributed by atoms with van der Waals surface area (Å²) in [5, 5.41) is 1.13. The summed E-state index contributed by atoms with van der Waals surface area (Å²) in [7, 11) is 1.62. The number of carbonyl (C=O) groups is 1. The second kappa shape index (κ2) is 9.14. The molecule has 1 aliphatic carbocycles. The molecule has 1 amide bonds. The minimum Gasteiger partial charge on any atom is -0.377 e. The predicted molar refractivity (Wildman–Crippen MR) is 124 cm³/mol. The van der Waals surface area contributed by atoms with E-state index in [1.807, 2.05) is 0 Å². The van der Waals surface area contributed by atoms with Gasteiger partial charge in [0.1, 0.15) is 17.3 Å². The number of hydrogen-bond acceptors (Lipinski definition) is 6. The lowest BCUT2D eigenvalue weighted by Gasteiger charge is -2.36. The van der Waals surface area contributed by atoms with Crippen LogP contribution in [0, 0.1) is 0 Å². The van der Waals surface area contributed by atoms with Crippen molar-refractivity contribution >= 4 is 33.3 Å². The van der Waals surface area contributed by atoms with E-state index in [0.29, 0.717) is 38.6 Å². The highest BCUT2D eigenvalue weighted by Gasteiger charge is 2.31. The van der Waals surface area contributed by atoms with Crippen molar-refractivity contribution in [1.29, 1.82) is 0 Å². The molecule has 1 aromatic carbocycles. The standard InChI is InChI=1S/C24H25F3N4O2S/c1-33-14-19-28-21(20-17-4-2-3-5-18(17)34-22(20)29-19)30-10-12-31(13-11-30)23(32)15-6-8-16(9-7-15)24(25,26)27/h6-9H,2-5,10-14H2,1H3. The molecule has 6 nitrogen and oxygen atoms in total. The predicted octanol–water partition coefficient (Wildman–Crippen LogP) is 4.70. The molecule has 1 aliphatic heterocycles. The number of aryl methyl sites for hydroxylation is 2. The Morgan fingerprint density at radius 2 is 1.76 bits per heavy atom. The van der Waals surface area contributed by atoms with Crippen molar-refractivity contribution in [1.82, 2.24) is 14.9 Å². The van der Waals surface area contributed by atoms with E-state index in [1.165, 1.54) is 29.0 Å². The van der Waals surface area contributed by atoms with Crippen LogP contribution in [-0.4, -0.2) is 54.1 Å². The first-order valence-corrected chi connectivity index (χ1v) is 12.2. The second-order valence-corrected chi connectivity index (χ2v) is 9.73. The van der Waals surface area contributed by atoms with Crippen molar-refractivity contribution in [3.05, 3.63) is 51.7 Å². The SMILES string of the molecule is COCc1nc(N2CCN(C(=O)c3ccc(C(F)(F)F)cc3)CC2)c2c3c(sc2n1)CCCC3. The largest absolute Gasteiger partial charge is 0.416 e. The Kier molecular flexibility index (Phi) is 6.20. The molecule has 1 fully saturated rings. The van der Waals surface area contributed by atoms with Gasteiger partial charge < -0.3 is 14.5 Å². The van der Waals surface area contributed by atoms with Crippen LogP contribution in [0.25, 0.3) is 10.2 Å². The summed E-state index contributed by atoms with van der Waals surface area (Å²) in [5.41, 5.74) is 0.862. The Labute approximate surface area is 199 Å². The molecule has 3 aromatic rings. The summed E-state index contributed by atoms with van der Waals surface area (Å²) in [6.07, 6.45) is 0.0385. The van der Waals surface area contributed by atoms with E-state index < -0.39 is 11.7 Å². The summed E-state index contributed by atoms with van der Waals surface area (Å²) < 4.78 is 43.8. The quantitative estimate of drug-likeness (QED) is 0.531. The topological polar surface area (TPSA) is 58.6 Å². The molecule has 2 aliphatic rings. The molecule has 0 atom stereocenters. The highest BCUT2D eigenvalue weighted by Crippen LogP contribution is 2.40. The average molecular weight is 491 g/mol. The van der Waals surface area contributed by atoms with Gasteiger partial charge in [-0.15, -0.1) is 11.3 Å². The smallest absolute Gasteiger partial charge is 0.377 e. The van der Waals surface area contributed by atoms with Crippen molar-refractivity contribution in [2.24, 2.45) is 0 Å². The summed E-state index contributed by atoms with van der Waals surface area (Å²) in [6.45, 7) is 2.46. The zero-order valence-electron chi connectivity index (χ0n) is 18.8. The fourth-order valence-electron chi connectivity index (χ4n) is 4.71. The van der Waals surface area contributed by atoms with Gasteiger partial charge in [-0.25, -0.2) is 9.97 Å². The van der Waals surface area contributed by atoms with Gasteiger partial charge in [0.05, 0.1) is 10.9 Å². The van der Waals surface area contributed by atoms with Gasteiger partial charge in [0.15, 0.2) is 5.82 Å². The molecule has 0 unspecified atom stereocenters. The lowest BCUT2D eigenvalue weighted by Crippen LogP contribution is -2.49. The lowest BCUT2D eigenvalue weighted by molar-refractivity contribution is -0.137. The van der Waals surface area contributed by atoms with E-state index in [-0.39, 0.29) is 11.5 Å². The van der Waals surface area contributed by atoms with Crippen LogP contribution in [0.2, 0.25) is 0 Å². The normalized spacial score (nSPS) is 16.7. The van der Waals surface area contributed by atoms with Crippen LogP contribution in [-0.2, 0) is 30.4 Å². The summed E-state index contributed by atoms with van der Waals surface area (Å²) in [5.74, 6) is 1.29. The van der Waals surface area contributed by atoms with E-state index in [4.69, 9.17) is 14.7 Å². The Hall–Kier alpha value is -2.72. The Bertz CT molecular complexity index is 1200. The summed E-state index contributed by atoms with van der Waals surface area (Å²) >= 11 is 1.75. The van der Waals surface area contributed by atoms with Crippen LogP contribution in [0.5, 0.6) is 0 Å². The number of amides is 1. The number of ether oxygens (including phenoxy) is 1. The summed E-state index contributed by atoms with van der Waals surface area (Å²) in [6, 6.07) is 4.41. The molecule has 0 radical (unpaired) electrons. The Morgan fingerprint density at radius 1 is 1.06 bits per heavy atom. The molecule has 3 heterocycles. The van der Waals surface area contributed by atoms with Gasteiger partial charge in [0, 0.05) is 43.7 Å². The second-order valence-electron chi connectivity index (χ2n) is 8.64. The average Bonchev–Trinajstić information content (AvgIpc) is 3.21. The van der Waals surface area contributed by atoms with Crippen molar-refractivity contribution < 1.29 is 22.7 Å². The number of thiophene rings is 1. The molecule has 10 heteroatoms. The molecular formula is C24H25F3N4O2S. The molecular weight excluding hydrogens is 465 g/mol. The minimum atomic E-state index is -4.42. The number of halogens is 3. The van der Waals surface area contributed by atoms with Crippen molar-refractivity contribution in [2.45, 2.75) is 38.5 Å². The third-order valence-corrected chi connectivity index (χ3v) is 7.63. The molecule has 0 spiro atoms. The molecule has 0 N–H and O–H groups in total. The first-order chi connectivity index (χ1) is 16.3. The van der Waals surface area contributed by atoms with Crippen LogP contribution >= 0.6 is 11.3 Å². The van der Waals surface area contributed by atoms with Gasteiger partial charge in [-0.2, -0.15) is 13.2 Å². The van der Waals surface area contributed by atoms with E-state index in [9.17, 15) is 18.0 Å². The number of anilines is 1. The van der Waals surface area contributed by atoms with E-state index in [0.717, 1.165) is 47.4 Å². The fourth-order valence-corrected chi connectivity index (χ4v) is 5.98. The zero-order chi connectivity index (χ0) is 23.9. The van der Waals surface area contributed by atoms with Crippen LogP contribution in [0.15, 0.2) is 24.3 Å². The maximum absolute atomic E-state index is 12.9. The molecule has 180 valence electrons. The molecule has 2 aromatic heterocycles. The Balaban J connectivity index is 1.36. The van der Waals surface area contributed by atoms with Gasteiger partial charge in [-0.1, -0.05) is 0 Å². The monoisotopic (exact) mass is 490 g/mol. The number of rotatable bonds is 4. The number of carbonyl (C=O) groups excluding carboxylic acids is 1. The first-order valence-electron chi connectivity index (χ1n) is 11.4. The van der Waals surface area contributed by atoms with Gasteiger partial charge >= 0.3 is 6.18 Å². The van der Waals surface area contributed by atoms with Crippen molar-refractivity contribution in [2.75, 3.05) is 38.2 Å². The first kappa shape index (κ1) is 23.0. The maximum Gasteiger partial charge on any atom is 0.416 e. The highest BCUT2D eigenvalue weighted by molar-refractivity contribution is 7.19. The number of alkyl halides is 3. The minimum absolute atomic E-state index is 0.255. The molecule has 5 rings (SSSR count). The maximum atomic E-state index is 12.9. The summed E-state index contributed by atoms with van der Waals surface area (Å²) in [4.78, 5) is 28.7. The number of benzene rings is 1. The third-order valence-electron chi connectivity index (χ3n) is 6.44. The van der Waals surface area contributed by atoms with Crippen LogP contribution in [0.1, 0.15) is 45.0 Å². The third kappa shape index (κ3) is 4.36. The Morgan fingerprint density at radius 3 is 2.44 bits per heavy atom. The number of methoxy groups -OCH3 is 1. The molecule has 0 bridgehead atoms. The zero-order valence-corrected chi connectivity index (χ0v) is 19.6. The van der Waals surface area contributed by atoms with Crippen LogP contribution < -0.4 is 4.90 Å². The lowest BCUT2D eigenvalue weighted by atomic mass is 9.97. The molecule has 34 heavy (non-hydrogen) atoms. The van der Waals surface area contributed by atoms with Gasteiger partial charge in [-0.3, -0.25) is 4.79 Å². The number of aromatic nitrogens is 2. The molecule has 1 saturated heterocycles. The fraction of sp³-hybridized carbons (Fsp3) is 0.458. The molecule has 0 saturated carbocycles. The van der Waals surface area contributed by atoms with Gasteiger partial charge in [0.25, 0.3) is 5.91 Å². The van der Waals surface area contributed by atoms with Crippen molar-refractivity contribution in [3.63, 3.8) is 0 Å². The van der Waals surface area contributed by atoms with Crippen LogP contribution in [0.4, 0.5) is 19.0 Å². The van der Waals surface area contributed by atoms with E-state index >= 15 is 0 Å². The number of nitrogens with zero attached hydrogens (tertiary/aromatic N) is 4. The number of fused-ring (bicyclic) bond motifs is 3. The van der Waals surface area contributed by atoms with Crippen molar-refractivity contribution in [3.8, 4) is 0 Å². The number of hydrogen-bond donors (Lipinski definition) is 0.